The molecular formula is C9H12Cl2O2. The Bertz CT molecular complexity index is 254. The van der Waals surface area contributed by atoms with Crippen LogP contribution in [0.1, 0.15) is 20.3 Å². The molecule has 0 aromatic heterocycles. The van der Waals surface area contributed by atoms with Crippen molar-refractivity contribution in [3.8, 4) is 0 Å². The molecular weight excluding hydrogens is 211 g/mol. The van der Waals surface area contributed by atoms with Gasteiger partial charge in [0, 0.05) is 6.42 Å². The Balaban J connectivity index is 2.61. The van der Waals surface area contributed by atoms with Gasteiger partial charge in [0.15, 0.2) is 0 Å². The van der Waals surface area contributed by atoms with Crippen molar-refractivity contribution in [3.63, 3.8) is 0 Å². The lowest BCUT2D eigenvalue weighted by Crippen LogP contribution is -1.99. The van der Waals surface area contributed by atoms with Gasteiger partial charge in [-0.25, -0.2) is 0 Å². The highest BCUT2D eigenvalue weighted by Gasteiger charge is 2.56. The van der Waals surface area contributed by atoms with Crippen LogP contribution < -0.4 is 0 Å². The summed E-state index contributed by atoms with van der Waals surface area (Å²) in [5, 5.41) is 8.62. The Morgan fingerprint density at radius 2 is 2.08 bits per heavy atom. The predicted molar refractivity (Wildman–Crippen MR) is 52.8 cm³/mol. The first-order valence-corrected chi connectivity index (χ1v) is 4.86. The average molecular weight is 223 g/mol. The number of hydrogen-bond donors (Lipinski definition) is 1. The monoisotopic (exact) mass is 222 g/mol. The highest BCUT2D eigenvalue weighted by Crippen LogP contribution is 2.61. The SMILES string of the molecule is CC1(C)[C@H](CC(=O)O)[C@@H]1C=C(Cl)Cl. The van der Waals surface area contributed by atoms with Crippen molar-refractivity contribution >= 4 is 29.2 Å². The summed E-state index contributed by atoms with van der Waals surface area (Å²) in [4.78, 5) is 10.5. The summed E-state index contributed by atoms with van der Waals surface area (Å²) in [6.45, 7) is 4.05. The number of aliphatic carboxylic acids is 1. The lowest BCUT2D eigenvalue weighted by atomic mass is 10.1. The second-order valence-corrected chi connectivity index (χ2v) is 5.02. The molecule has 0 unspecified atom stereocenters. The van der Waals surface area contributed by atoms with E-state index in [4.69, 9.17) is 28.3 Å². The van der Waals surface area contributed by atoms with Gasteiger partial charge in [0.25, 0.3) is 0 Å². The molecule has 74 valence electrons. The molecule has 0 radical (unpaired) electrons. The molecule has 13 heavy (non-hydrogen) atoms. The topological polar surface area (TPSA) is 37.3 Å². The van der Waals surface area contributed by atoms with Crippen LogP contribution >= 0.6 is 23.2 Å². The van der Waals surface area contributed by atoms with Gasteiger partial charge in [-0.1, -0.05) is 43.1 Å². The number of halogens is 2. The van der Waals surface area contributed by atoms with Crippen LogP contribution in [0.25, 0.3) is 0 Å². The van der Waals surface area contributed by atoms with E-state index in [-0.39, 0.29) is 28.2 Å². The Kier molecular flexibility index (Phi) is 2.93. The largest absolute Gasteiger partial charge is 0.481 e. The van der Waals surface area contributed by atoms with E-state index in [2.05, 4.69) is 0 Å². The van der Waals surface area contributed by atoms with E-state index in [9.17, 15) is 4.79 Å². The molecule has 4 heteroatoms. The molecule has 0 heterocycles. The van der Waals surface area contributed by atoms with E-state index in [1.807, 2.05) is 13.8 Å². The van der Waals surface area contributed by atoms with Crippen molar-refractivity contribution in [1.82, 2.24) is 0 Å². The van der Waals surface area contributed by atoms with Crippen molar-refractivity contribution in [2.24, 2.45) is 17.3 Å². The Labute approximate surface area is 87.5 Å². The number of carbonyl (C=O) groups is 1. The third-order valence-electron chi connectivity index (χ3n) is 2.84. The minimum Gasteiger partial charge on any atom is -0.481 e. The summed E-state index contributed by atoms with van der Waals surface area (Å²) >= 11 is 11.0. The van der Waals surface area contributed by atoms with Crippen molar-refractivity contribution in [2.75, 3.05) is 0 Å². The molecule has 0 aliphatic heterocycles. The van der Waals surface area contributed by atoms with Gasteiger partial charge >= 0.3 is 5.97 Å². The van der Waals surface area contributed by atoms with Crippen LogP contribution in [0.15, 0.2) is 10.6 Å². The average Bonchev–Trinajstić information content (AvgIpc) is 2.36. The highest BCUT2D eigenvalue weighted by atomic mass is 35.5. The Hall–Kier alpha value is -0.210. The highest BCUT2D eigenvalue weighted by molar-refractivity contribution is 6.55. The number of rotatable bonds is 3. The van der Waals surface area contributed by atoms with Crippen molar-refractivity contribution in [3.05, 3.63) is 10.6 Å². The van der Waals surface area contributed by atoms with Crippen molar-refractivity contribution in [1.29, 1.82) is 0 Å². The molecule has 2 atom stereocenters. The maximum atomic E-state index is 10.5. The maximum Gasteiger partial charge on any atom is 0.303 e. The van der Waals surface area contributed by atoms with E-state index in [1.165, 1.54) is 0 Å². The fourth-order valence-corrected chi connectivity index (χ4v) is 2.10. The standard InChI is InChI=1S/C9H12Cl2O2/c1-9(2)5(3-7(10)11)6(9)4-8(12)13/h3,5-6H,4H2,1-2H3,(H,12,13)/t5-,6+/m0/s1. The molecule has 1 aliphatic carbocycles. The second-order valence-electron chi connectivity index (χ2n) is 4.01. The minimum atomic E-state index is -0.764. The first-order valence-electron chi connectivity index (χ1n) is 4.10. The summed E-state index contributed by atoms with van der Waals surface area (Å²) < 4.78 is 0.228. The third-order valence-corrected chi connectivity index (χ3v) is 3.09. The molecule has 0 aromatic carbocycles. The molecule has 1 N–H and O–H groups in total. The van der Waals surface area contributed by atoms with Gasteiger partial charge < -0.3 is 5.11 Å². The molecule has 0 spiro atoms. The summed E-state index contributed by atoms with van der Waals surface area (Å²) in [5.74, 6) is -0.397. The zero-order valence-corrected chi connectivity index (χ0v) is 9.06. The number of hydrogen-bond acceptors (Lipinski definition) is 1. The van der Waals surface area contributed by atoms with Gasteiger partial charge in [0.05, 0.1) is 0 Å². The molecule has 2 nitrogen and oxygen atoms in total. The maximum absolute atomic E-state index is 10.5. The van der Waals surface area contributed by atoms with Gasteiger partial charge in [-0.3, -0.25) is 4.79 Å². The van der Waals surface area contributed by atoms with Gasteiger partial charge in [-0.2, -0.15) is 0 Å². The summed E-state index contributed by atoms with van der Waals surface area (Å²) in [7, 11) is 0. The van der Waals surface area contributed by atoms with Crippen LogP contribution in [-0.4, -0.2) is 11.1 Å². The van der Waals surface area contributed by atoms with E-state index in [1.54, 1.807) is 6.08 Å². The third kappa shape index (κ3) is 2.38. The van der Waals surface area contributed by atoms with E-state index in [0.29, 0.717) is 0 Å². The molecule has 0 bridgehead atoms. The zero-order chi connectivity index (χ0) is 10.2. The number of carboxylic acid groups (broad SMARTS) is 1. The molecule has 1 saturated carbocycles. The van der Waals surface area contributed by atoms with Crippen LogP contribution in [0, 0.1) is 17.3 Å². The summed E-state index contributed by atoms with van der Waals surface area (Å²) in [6.07, 6.45) is 1.92. The minimum absolute atomic E-state index is 0.0213. The van der Waals surface area contributed by atoms with Gasteiger partial charge in [0.1, 0.15) is 4.49 Å². The molecule has 1 fully saturated rings. The number of allylic oxidation sites excluding steroid dienone is 1. The molecule has 1 rings (SSSR count). The van der Waals surface area contributed by atoms with Gasteiger partial charge in [-0.05, 0) is 17.3 Å². The normalized spacial score (nSPS) is 29.5. The quantitative estimate of drug-likeness (QED) is 0.798. The van der Waals surface area contributed by atoms with Crippen LogP contribution in [0.4, 0.5) is 0 Å². The van der Waals surface area contributed by atoms with Gasteiger partial charge in [0.2, 0.25) is 0 Å². The van der Waals surface area contributed by atoms with Crippen LogP contribution in [0.3, 0.4) is 0 Å². The van der Waals surface area contributed by atoms with E-state index >= 15 is 0 Å². The first kappa shape index (κ1) is 10.9. The van der Waals surface area contributed by atoms with Crippen molar-refractivity contribution < 1.29 is 9.90 Å². The molecule has 0 saturated heterocycles. The second kappa shape index (κ2) is 3.50. The molecule has 1 aliphatic rings. The number of carboxylic acids is 1. The van der Waals surface area contributed by atoms with Crippen molar-refractivity contribution in [2.45, 2.75) is 20.3 Å². The van der Waals surface area contributed by atoms with Crippen LogP contribution in [0.2, 0.25) is 0 Å². The van der Waals surface area contributed by atoms with Crippen LogP contribution in [0.5, 0.6) is 0 Å². The fourth-order valence-electron chi connectivity index (χ4n) is 1.83. The first-order chi connectivity index (χ1) is 5.85. The molecule has 0 aromatic rings. The zero-order valence-electron chi connectivity index (χ0n) is 7.55. The molecule has 0 amide bonds. The van der Waals surface area contributed by atoms with Crippen LogP contribution in [-0.2, 0) is 4.79 Å². The van der Waals surface area contributed by atoms with Gasteiger partial charge in [-0.15, -0.1) is 0 Å². The Morgan fingerprint density at radius 3 is 2.46 bits per heavy atom. The predicted octanol–water partition coefficient (Wildman–Crippen LogP) is 3.05. The summed E-state index contributed by atoms with van der Waals surface area (Å²) in [5.41, 5.74) is 0.0213. The summed E-state index contributed by atoms with van der Waals surface area (Å²) in [6, 6.07) is 0. The lowest BCUT2D eigenvalue weighted by Gasteiger charge is -1.97. The van der Waals surface area contributed by atoms with E-state index < -0.39 is 5.97 Å². The fraction of sp³-hybridized carbons (Fsp3) is 0.667. The lowest BCUT2D eigenvalue weighted by molar-refractivity contribution is -0.137. The smallest absolute Gasteiger partial charge is 0.303 e. The Morgan fingerprint density at radius 1 is 1.54 bits per heavy atom. The van der Waals surface area contributed by atoms with E-state index in [0.717, 1.165) is 0 Å².